The molecule has 0 aliphatic rings. The molecule has 0 fully saturated rings. The first-order valence-corrected chi connectivity index (χ1v) is 6.06. The molecule has 1 heterocycles. The Bertz CT molecular complexity index is 704. The van der Waals surface area contributed by atoms with E-state index in [0.29, 0.717) is 6.54 Å². The third-order valence-electron chi connectivity index (χ3n) is 3.19. The van der Waals surface area contributed by atoms with Crippen molar-refractivity contribution in [1.82, 2.24) is 9.78 Å². The molecule has 3 nitrogen and oxygen atoms in total. The summed E-state index contributed by atoms with van der Waals surface area (Å²) in [6.07, 6.45) is 1.75. The van der Waals surface area contributed by atoms with Crippen LogP contribution in [0.2, 0.25) is 0 Å². The third kappa shape index (κ3) is 2.22. The van der Waals surface area contributed by atoms with Gasteiger partial charge in [-0.15, -0.1) is 0 Å². The molecule has 19 heavy (non-hydrogen) atoms. The van der Waals surface area contributed by atoms with Crippen molar-refractivity contribution < 1.29 is 9.50 Å². The first-order chi connectivity index (χ1) is 9.28. The maximum atomic E-state index is 12.9. The fourth-order valence-electron chi connectivity index (χ4n) is 2.19. The SMILES string of the molecule is OCc1cccc2c1cnn2Cc1ccc(F)cc1. The number of aromatic nitrogens is 2. The minimum atomic E-state index is -0.239. The first-order valence-electron chi connectivity index (χ1n) is 6.06. The molecule has 3 aromatic rings. The fraction of sp³-hybridized carbons (Fsp3) is 0.133. The summed E-state index contributed by atoms with van der Waals surface area (Å²) in [7, 11) is 0. The van der Waals surface area contributed by atoms with Gasteiger partial charge >= 0.3 is 0 Å². The summed E-state index contributed by atoms with van der Waals surface area (Å²) in [5.74, 6) is -0.239. The van der Waals surface area contributed by atoms with Crippen molar-refractivity contribution >= 4 is 10.9 Å². The third-order valence-corrected chi connectivity index (χ3v) is 3.19. The lowest BCUT2D eigenvalue weighted by molar-refractivity contribution is 0.283. The second-order valence-corrected chi connectivity index (χ2v) is 4.44. The van der Waals surface area contributed by atoms with Gasteiger partial charge in [-0.2, -0.15) is 5.10 Å². The van der Waals surface area contributed by atoms with Crippen LogP contribution in [0.5, 0.6) is 0 Å². The number of fused-ring (bicyclic) bond motifs is 1. The Kier molecular flexibility index (Phi) is 3.01. The van der Waals surface area contributed by atoms with Gasteiger partial charge in [0.1, 0.15) is 5.82 Å². The maximum Gasteiger partial charge on any atom is 0.123 e. The average molecular weight is 256 g/mol. The largest absolute Gasteiger partial charge is 0.392 e. The minimum Gasteiger partial charge on any atom is -0.392 e. The summed E-state index contributed by atoms with van der Waals surface area (Å²) in [6.45, 7) is 0.582. The van der Waals surface area contributed by atoms with Gasteiger partial charge in [0, 0.05) is 5.39 Å². The summed E-state index contributed by atoms with van der Waals surface area (Å²) in [6, 6.07) is 12.1. The van der Waals surface area contributed by atoms with Crippen LogP contribution in [0.1, 0.15) is 11.1 Å². The Labute approximate surface area is 109 Å². The van der Waals surface area contributed by atoms with Crippen LogP contribution in [-0.4, -0.2) is 14.9 Å². The molecule has 0 unspecified atom stereocenters. The van der Waals surface area contributed by atoms with Gasteiger partial charge in [0.25, 0.3) is 0 Å². The predicted molar refractivity (Wildman–Crippen MR) is 71.2 cm³/mol. The van der Waals surface area contributed by atoms with Crippen LogP contribution >= 0.6 is 0 Å². The Morgan fingerprint density at radius 3 is 2.63 bits per heavy atom. The highest BCUT2D eigenvalue weighted by atomic mass is 19.1. The molecule has 2 aromatic carbocycles. The summed E-state index contributed by atoms with van der Waals surface area (Å²) in [4.78, 5) is 0. The van der Waals surface area contributed by atoms with Crippen molar-refractivity contribution in [3.8, 4) is 0 Å². The van der Waals surface area contributed by atoms with E-state index in [1.807, 2.05) is 22.9 Å². The molecule has 0 saturated heterocycles. The number of aliphatic hydroxyl groups excluding tert-OH is 1. The lowest BCUT2D eigenvalue weighted by atomic mass is 10.1. The fourth-order valence-corrected chi connectivity index (χ4v) is 2.19. The molecular formula is C15H13FN2O. The van der Waals surface area contributed by atoms with Gasteiger partial charge in [0.15, 0.2) is 0 Å². The molecule has 0 radical (unpaired) electrons. The van der Waals surface area contributed by atoms with Gasteiger partial charge in [-0.1, -0.05) is 24.3 Å². The molecule has 1 N–H and O–H groups in total. The Balaban J connectivity index is 1.99. The number of hydrogen-bond acceptors (Lipinski definition) is 2. The van der Waals surface area contributed by atoms with E-state index in [4.69, 9.17) is 0 Å². The van der Waals surface area contributed by atoms with E-state index in [1.54, 1.807) is 18.3 Å². The summed E-state index contributed by atoms with van der Waals surface area (Å²) < 4.78 is 14.7. The van der Waals surface area contributed by atoms with E-state index in [1.165, 1.54) is 12.1 Å². The van der Waals surface area contributed by atoms with Crippen LogP contribution in [-0.2, 0) is 13.2 Å². The van der Waals surface area contributed by atoms with E-state index in [2.05, 4.69) is 5.10 Å². The Morgan fingerprint density at radius 1 is 1.11 bits per heavy atom. The minimum absolute atomic E-state index is 0.000415. The quantitative estimate of drug-likeness (QED) is 0.782. The van der Waals surface area contributed by atoms with Crippen LogP contribution in [0, 0.1) is 5.82 Å². The molecule has 0 atom stereocenters. The van der Waals surface area contributed by atoms with Crippen LogP contribution in [0.4, 0.5) is 4.39 Å². The number of aliphatic hydroxyl groups is 1. The average Bonchev–Trinajstić information content (AvgIpc) is 2.84. The molecule has 1 aromatic heterocycles. The van der Waals surface area contributed by atoms with Gasteiger partial charge in [0.2, 0.25) is 0 Å². The molecule has 0 saturated carbocycles. The number of hydrogen-bond donors (Lipinski definition) is 1. The summed E-state index contributed by atoms with van der Waals surface area (Å²) in [5, 5.41) is 14.6. The Morgan fingerprint density at radius 2 is 1.89 bits per heavy atom. The zero-order valence-corrected chi connectivity index (χ0v) is 10.3. The van der Waals surface area contributed by atoms with Crippen molar-refractivity contribution in [1.29, 1.82) is 0 Å². The highest BCUT2D eigenvalue weighted by molar-refractivity contribution is 5.82. The molecule has 0 spiro atoms. The molecule has 0 amide bonds. The molecular weight excluding hydrogens is 243 g/mol. The van der Waals surface area contributed by atoms with Crippen LogP contribution in [0.15, 0.2) is 48.7 Å². The van der Waals surface area contributed by atoms with Gasteiger partial charge in [0.05, 0.1) is 24.9 Å². The van der Waals surface area contributed by atoms with Crippen molar-refractivity contribution in [2.75, 3.05) is 0 Å². The summed E-state index contributed by atoms with van der Waals surface area (Å²) >= 11 is 0. The van der Waals surface area contributed by atoms with E-state index in [0.717, 1.165) is 22.0 Å². The van der Waals surface area contributed by atoms with Crippen molar-refractivity contribution in [2.45, 2.75) is 13.2 Å². The number of benzene rings is 2. The molecule has 4 heteroatoms. The molecule has 0 aliphatic carbocycles. The van der Waals surface area contributed by atoms with Gasteiger partial charge in [-0.25, -0.2) is 4.39 Å². The van der Waals surface area contributed by atoms with Crippen LogP contribution in [0.25, 0.3) is 10.9 Å². The van der Waals surface area contributed by atoms with Crippen molar-refractivity contribution in [3.05, 3.63) is 65.6 Å². The molecule has 3 rings (SSSR count). The number of halogens is 1. The molecule has 0 bridgehead atoms. The normalized spacial score (nSPS) is 11.1. The molecule has 96 valence electrons. The van der Waals surface area contributed by atoms with Gasteiger partial charge in [-0.05, 0) is 29.3 Å². The maximum absolute atomic E-state index is 12.9. The smallest absolute Gasteiger partial charge is 0.123 e. The van der Waals surface area contributed by atoms with E-state index < -0.39 is 0 Å². The van der Waals surface area contributed by atoms with Gasteiger partial charge in [-0.3, -0.25) is 4.68 Å². The van der Waals surface area contributed by atoms with E-state index in [9.17, 15) is 9.50 Å². The van der Waals surface area contributed by atoms with E-state index >= 15 is 0 Å². The van der Waals surface area contributed by atoms with Crippen molar-refractivity contribution in [2.24, 2.45) is 0 Å². The summed E-state index contributed by atoms with van der Waals surface area (Å²) in [5.41, 5.74) is 2.82. The highest BCUT2D eigenvalue weighted by Crippen LogP contribution is 2.19. The standard InChI is InChI=1S/C15H13FN2O/c16-13-6-4-11(5-7-13)9-18-15-3-1-2-12(10-19)14(15)8-17-18/h1-8,19H,9-10H2. The first kappa shape index (κ1) is 11.9. The zero-order valence-electron chi connectivity index (χ0n) is 10.3. The van der Waals surface area contributed by atoms with Crippen LogP contribution in [0.3, 0.4) is 0 Å². The number of nitrogens with zero attached hydrogens (tertiary/aromatic N) is 2. The van der Waals surface area contributed by atoms with E-state index in [-0.39, 0.29) is 12.4 Å². The lowest BCUT2D eigenvalue weighted by Gasteiger charge is -2.05. The highest BCUT2D eigenvalue weighted by Gasteiger charge is 2.06. The lowest BCUT2D eigenvalue weighted by Crippen LogP contribution is -2.01. The zero-order chi connectivity index (χ0) is 13.2. The topological polar surface area (TPSA) is 38.1 Å². The van der Waals surface area contributed by atoms with Gasteiger partial charge < -0.3 is 5.11 Å². The second-order valence-electron chi connectivity index (χ2n) is 4.44. The predicted octanol–water partition coefficient (Wildman–Crippen LogP) is 2.72. The number of rotatable bonds is 3. The second kappa shape index (κ2) is 4.82. The monoisotopic (exact) mass is 256 g/mol. The van der Waals surface area contributed by atoms with Crippen molar-refractivity contribution in [3.63, 3.8) is 0 Å². The molecule has 0 aliphatic heterocycles. The van der Waals surface area contributed by atoms with Crippen LogP contribution < -0.4 is 0 Å². The Hall–Kier alpha value is -2.20.